The third-order valence-corrected chi connectivity index (χ3v) is 3.78. The molecule has 1 aliphatic rings. The quantitative estimate of drug-likeness (QED) is 0.840. The van der Waals surface area contributed by atoms with Crippen molar-refractivity contribution in [1.82, 2.24) is 5.32 Å². The molecule has 0 aliphatic carbocycles. The molecule has 21 heavy (non-hydrogen) atoms. The Morgan fingerprint density at radius 2 is 1.76 bits per heavy atom. The summed E-state index contributed by atoms with van der Waals surface area (Å²) in [5, 5.41) is 12.9. The fourth-order valence-corrected chi connectivity index (χ4v) is 2.76. The number of phenols is 1. The van der Waals surface area contributed by atoms with Gasteiger partial charge in [0.1, 0.15) is 5.75 Å². The first-order valence-electron chi connectivity index (χ1n) is 7.32. The summed E-state index contributed by atoms with van der Waals surface area (Å²) in [5.41, 5.74) is 4.62. The van der Waals surface area contributed by atoms with E-state index in [2.05, 4.69) is 46.6 Å². The number of fused-ring (bicyclic) bond motifs is 2. The molecule has 0 bridgehead atoms. The van der Waals surface area contributed by atoms with Crippen LogP contribution in [0, 0.1) is 0 Å². The van der Waals surface area contributed by atoms with Gasteiger partial charge in [0.2, 0.25) is 0 Å². The van der Waals surface area contributed by atoms with Crippen LogP contribution in [0.25, 0.3) is 12.2 Å². The van der Waals surface area contributed by atoms with Gasteiger partial charge >= 0.3 is 0 Å². The van der Waals surface area contributed by atoms with Crippen LogP contribution < -0.4 is 10.2 Å². The van der Waals surface area contributed by atoms with Crippen LogP contribution in [0.4, 0.5) is 11.4 Å². The molecule has 0 unspecified atom stereocenters. The van der Waals surface area contributed by atoms with E-state index >= 15 is 0 Å². The Kier molecular flexibility index (Phi) is 3.93. The fourth-order valence-electron chi connectivity index (χ4n) is 2.76. The zero-order valence-corrected chi connectivity index (χ0v) is 12.2. The monoisotopic (exact) mass is 280 g/mol. The minimum atomic E-state index is 0.305. The number of aromatic hydroxyl groups is 1. The number of rotatable bonds is 4. The number of nitrogens with zero attached hydrogens (tertiary/aromatic N) is 1. The molecular weight excluding hydrogens is 260 g/mol. The minimum absolute atomic E-state index is 0.305. The van der Waals surface area contributed by atoms with Gasteiger partial charge in [0.15, 0.2) is 0 Å². The van der Waals surface area contributed by atoms with Crippen LogP contribution in [-0.2, 0) is 0 Å². The van der Waals surface area contributed by atoms with E-state index in [0.717, 1.165) is 30.8 Å². The predicted molar refractivity (Wildman–Crippen MR) is 89.0 cm³/mol. The highest BCUT2D eigenvalue weighted by atomic mass is 16.3. The van der Waals surface area contributed by atoms with Gasteiger partial charge in [-0.15, -0.1) is 0 Å². The van der Waals surface area contributed by atoms with Crippen LogP contribution in [-0.4, -0.2) is 25.2 Å². The van der Waals surface area contributed by atoms with Crippen LogP contribution in [0.5, 0.6) is 5.75 Å². The molecule has 108 valence electrons. The first kappa shape index (κ1) is 13.7. The molecule has 0 saturated heterocycles. The second-order valence-electron chi connectivity index (χ2n) is 5.24. The smallest absolute Gasteiger partial charge is 0.116 e. The molecule has 2 N–H and O–H groups in total. The summed E-state index contributed by atoms with van der Waals surface area (Å²) in [6.07, 6.45) is 5.25. The van der Waals surface area contributed by atoms with Crippen molar-refractivity contribution in [3.05, 3.63) is 53.6 Å². The first-order chi connectivity index (χ1) is 10.3. The van der Waals surface area contributed by atoms with Crippen molar-refractivity contribution < 1.29 is 5.11 Å². The molecule has 2 aromatic carbocycles. The Labute approximate surface area is 125 Å². The molecule has 0 radical (unpaired) electrons. The van der Waals surface area contributed by atoms with Crippen LogP contribution in [0.15, 0.2) is 42.5 Å². The predicted octanol–water partition coefficient (Wildman–Crippen LogP) is 3.62. The Morgan fingerprint density at radius 3 is 2.62 bits per heavy atom. The van der Waals surface area contributed by atoms with Crippen LogP contribution in [0.2, 0.25) is 0 Å². The zero-order valence-electron chi connectivity index (χ0n) is 12.2. The van der Waals surface area contributed by atoms with Crippen molar-refractivity contribution in [3.63, 3.8) is 0 Å². The highest BCUT2D eigenvalue weighted by Crippen LogP contribution is 2.37. The van der Waals surface area contributed by atoms with Crippen molar-refractivity contribution in [3.8, 4) is 5.75 Å². The standard InChI is InChI=1S/C18H20N2O/c1-19-11-4-12-20-17-6-3-2-5-14(17)7-8-15-13-16(21)9-10-18(15)20/h2-3,5-10,13,19,21H,4,11-12H2,1H3. The highest BCUT2D eigenvalue weighted by Gasteiger charge is 2.17. The number of hydrogen-bond donors (Lipinski definition) is 2. The molecule has 2 aromatic rings. The van der Waals surface area contributed by atoms with E-state index in [-0.39, 0.29) is 0 Å². The van der Waals surface area contributed by atoms with Gasteiger partial charge < -0.3 is 15.3 Å². The third kappa shape index (κ3) is 2.78. The minimum Gasteiger partial charge on any atom is -0.508 e. The molecular formula is C18H20N2O. The van der Waals surface area contributed by atoms with Gasteiger partial charge in [-0.05, 0) is 49.8 Å². The van der Waals surface area contributed by atoms with Crippen molar-refractivity contribution in [2.75, 3.05) is 25.0 Å². The summed E-state index contributed by atoms with van der Waals surface area (Å²) >= 11 is 0. The topological polar surface area (TPSA) is 35.5 Å². The molecule has 0 spiro atoms. The molecule has 3 heteroatoms. The van der Waals surface area contributed by atoms with Crippen molar-refractivity contribution in [2.45, 2.75) is 6.42 Å². The second kappa shape index (κ2) is 6.02. The molecule has 0 aromatic heterocycles. The van der Waals surface area contributed by atoms with E-state index < -0.39 is 0 Å². The summed E-state index contributed by atoms with van der Waals surface area (Å²) in [5.74, 6) is 0.305. The SMILES string of the molecule is CNCCCN1c2ccccc2C=Cc2cc(O)ccc21. The van der Waals surface area contributed by atoms with Gasteiger partial charge in [0, 0.05) is 23.5 Å². The maximum absolute atomic E-state index is 9.74. The van der Waals surface area contributed by atoms with E-state index in [4.69, 9.17) is 0 Å². The summed E-state index contributed by atoms with van der Waals surface area (Å²) in [7, 11) is 1.98. The maximum atomic E-state index is 9.74. The Bertz CT molecular complexity index is 664. The van der Waals surface area contributed by atoms with Gasteiger partial charge in [-0.1, -0.05) is 30.4 Å². The lowest BCUT2D eigenvalue weighted by atomic mass is 10.1. The normalized spacial score (nSPS) is 12.7. The third-order valence-electron chi connectivity index (χ3n) is 3.78. The van der Waals surface area contributed by atoms with Gasteiger partial charge in [0.05, 0.1) is 0 Å². The molecule has 0 atom stereocenters. The van der Waals surface area contributed by atoms with Gasteiger partial charge in [0.25, 0.3) is 0 Å². The second-order valence-corrected chi connectivity index (χ2v) is 5.24. The number of para-hydroxylation sites is 1. The van der Waals surface area contributed by atoms with Crippen LogP contribution in [0.1, 0.15) is 17.5 Å². The number of phenolic OH excluding ortho intramolecular Hbond substituents is 1. The molecule has 0 saturated carbocycles. The van der Waals surface area contributed by atoms with E-state index in [1.807, 2.05) is 19.2 Å². The number of anilines is 2. The van der Waals surface area contributed by atoms with Crippen LogP contribution in [0.3, 0.4) is 0 Å². The summed E-state index contributed by atoms with van der Waals surface area (Å²) in [4.78, 5) is 2.33. The molecule has 1 aliphatic heterocycles. The zero-order chi connectivity index (χ0) is 14.7. The number of nitrogens with one attached hydrogen (secondary N) is 1. The summed E-state index contributed by atoms with van der Waals surface area (Å²) in [6.45, 7) is 1.93. The lowest BCUT2D eigenvalue weighted by Gasteiger charge is -2.27. The molecule has 3 rings (SSSR count). The van der Waals surface area contributed by atoms with E-state index in [9.17, 15) is 5.11 Å². The largest absolute Gasteiger partial charge is 0.508 e. The lowest BCUT2D eigenvalue weighted by molar-refractivity contribution is 0.475. The molecule has 3 nitrogen and oxygen atoms in total. The lowest BCUT2D eigenvalue weighted by Crippen LogP contribution is -2.23. The van der Waals surface area contributed by atoms with Gasteiger partial charge in [-0.3, -0.25) is 0 Å². The van der Waals surface area contributed by atoms with E-state index in [0.29, 0.717) is 5.75 Å². The molecule has 0 amide bonds. The first-order valence-corrected chi connectivity index (χ1v) is 7.32. The van der Waals surface area contributed by atoms with E-state index in [1.54, 1.807) is 6.07 Å². The summed E-state index contributed by atoms with van der Waals surface area (Å²) < 4.78 is 0. The van der Waals surface area contributed by atoms with Crippen molar-refractivity contribution in [1.29, 1.82) is 0 Å². The Morgan fingerprint density at radius 1 is 1.00 bits per heavy atom. The van der Waals surface area contributed by atoms with E-state index in [1.165, 1.54) is 11.3 Å². The maximum Gasteiger partial charge on any atom is 0.116 e. The average Bonchev–Trinajstić information content (AvgIpc) is 2.65. The van der Waals surface area contributed by atoms with Gasteiger partial charge in [-0.2, -0.15) is 0 Å². The Hall–Kier alpha value is -2.26. The van der Waals surface area contributed by atoms with Crippen molar-refractivity contribution >= 4 is 23.5 Å². The van der Waals surface area contributed by atoms with Crippen LogP contribution >= 0.6 is 0 Å². The molecule has 0 fully saturated rings. The molecule has 1 heterocycles. The number of benzene rings is 2. The number of hydrogen-bond acceptors (Lipinski definition) is 3. The Balaban J connectivity index is 2.06. The average molecular weight is 280 g/mol. The fraction of sp³-hybridized carbons (Fsp3) is 0.222. The van der Waals surface area contributed by atoms with Crippen molar-refractivity contribution in [2.24, 2.45) is 0 Å². The highest BCUT2D eigenvalue weighted by molar-refractivity contribution is 5.89. The summed E-state index contributed by atoms with van der Waals surface area (Å²) in [6, 6.07) is 14.0. The van der Waals surface area contributed by atoms with Gasteiger partial charge in [-0.25, -0.2) is 0 Å².